The quantitative estimate of drug-likeness (QED) is 0.914. The first-order valence-corrected chi connectivity index (χ1v) is 6.43. The molecule has 0 aromatic heterocycles. The molecule has 1 aliphatic heterocycles. The van der Waals surface area contributed by atoms with Gasteiger partial charge in [-0.1, -0.05) is 6.07 Å². The number of aliphatic carboxylic acids is 1. The lowest BCUT2D eigenvalue weighted by Crippen LogP contribution is -2.57. The van der Waals surface area contributed by atoms with Gasteiger partial charge >= 0.3 is 5.97 Å². The summed E-state index contributed by atoms with van der Waals surface area (Å²) in [6.45, 7) is 3.56. The summed E-state index contributed by atoms with van der Waals surface area (Å²) in [5.74, 6) is -2.88. The van der Waals surface area contributed by atoms with Gasteiger partial charge in [0.15, 0.2) is 11.6 Å². The molecule has 1 N–H and O–H groups in total. The molecule has 1 aromatic carbocycles. The molecular weight excluding hydrogens is 268 g/mol. The van der Waals surface area contributed by atoms with E-state index in [1.807, 2.05) is 0 Å². The van der Waals surface area contributed by atoms with Crippen LogP contribution in [0.25, 0.3) is 0 Å². The number of carboxylic acid groups (broad SMARTS) is 1. The van der Waals surface area contributed by atoms with Crippen LogP contribution in [0.4, 0.5) is 8.78 Å². The van der Waals surface area contributed by atoms with Crippen LogP contribution >= 0.6 is 0 Å². The third-order valence-electron chi connectivity index (χ3n) is 3.70. The molecule has 1 aliphatic rings. The summed E-state index contributed by atoms with van der Waals surface area (Å²) in [5.41, 5.74) is -0.700. The molecule has 0 radical (unpaired) electrons. The smallest absolute Gasteiger partial charge is 0.324 e. The predicted molar refractivity (Wildman–Crippen MR) is 68.5 cm³/mol. The van der Waals surface area contributed by atoms with Crippen LogP contribution in [0.2, 0.25) is 0 Å². The molecule has 4 nitrogen and oxygen atoms in total. The van der Waals surface area contributed by atoms with Crippen molar-refractivity contribution in [3.05, 3.63) is 35.4 Å². The first-order chi connectivity index (χ1) is 9.43. The van der Waals surface area contributed by atoms with Gasteiger partial charge in [-0.15, -0.1) is 0 Å². The van der Waals surface area contributed by atoms with Crippen LogP contribution in [-0.2, 0) is 16.0 Å². The van der Waals surface area contributed by atoms with E-state index < -0.39 is 23.1 Å². The maximum atomic E-state index is 13.2. The van der Waals surface area contributed by atoms with Gasteiger partial charge in [-0.25, -0.2) is 8.78 Å². The molecule has 1 atom stereocenters. The van der Waals surface area contributed by atoms with E-state index in [0.29, 0.717) is 31.9 Å². The van der Waals surface area contributed by atoms with Crippen molar-refractivity contribution < 1.29 is 23.4 Å². The molecule has 0 aliphatic carbocycles. The summed E-state index contributed by atoms with van der Waals surface area (Å²) in [6.07, 6.45) is 0.111. The number of rotatable bonds is 4. The highest BCUT2D eigenvalue weighted by Gasteiger charge is 2.40. The van der Waals surface area contributed by atoms with E-state index in [0.717, 1.165) is 12.1 Å². The van der Waals surface area contributed by atoms with Crippen LogP contribution in [0, 0.1) is 11.6 Å². The van der Waals surface area contributed by atoms with Gasteiger partial charge in [-0.2, -0.15) is 0 Å². The summed E-state index contributed by atoms with van der Waals surface area (Å²) in [7, 11) is 0. The molecule has 110 valence electrons. The molecular formula is C14H17F2NO3. The first kappa shape index (κ1) is 14.9. The maximum absolute atomic E-state index is 13.2. The van der Waals surface area contributed by atoms with Gasteiger partial charge in [0.25, 0.3) is 0 Å². The van der Waals surface area contributed by atoms with Crippen molar-refractivity contribution in [1.82, 2.24) is 4.90 Å². The zero-order chi connectivity index (χ0) is 14.8. The number of carbonyl (C=O) groups is 1. The highest BCUT2D eigenvalue weighted by atomic mass is 19.2. The molecule has 0 saturated carbocycles. The number of ether oxygens (including phenoxy) is 1. The fraction of sp³-hybridized carbons (Fsp3) is 0.500. The Labute approximate surface area is 116 Å². The van der Waals surface area contributed by atoms with Crippen LogP contribution in [-0.4, -0.2) is 47.8 Å². The van der Waals surface area contributed by atoms with Crippen molar-refractivity contribution in [2.75, 3.05) is 26.3 Å². The zero-order valence-electron chi connectivity index (χ0n) is 11.2. The summed E-state index contributed by atoms with van der Waals surface area (Å²) in [5, 5.41) is 9.52. The Morgan fingerprint density at radius 2 is 2.00 bits per heavy atom. The predicted octanol–water partition coefficient (Wildman–Crippen LogP) is 1.68. The number of morpholine rings is 1. The maximum Gasteiger partial charge on any atom is 0.324 e. The highest BCUT2D eigenvalue weighted by molar-refractivity contribution is 5.78. The van der Waals surface area contributed by atoms with Gasteiger partial charge in [-0.05, 0) is 24.6 Å². The zero-order valence-corrected chi connectivity index (χ0v) is 11.2. The fourth-order valence-corrected chi connectivity index (χ4v) is 2.43. The molecule has 1 saturated heterocycles. The van der Waals surface area contributed by atoms with E-state index >= 15 is 0 Å². The van der Waals surface area contributed by atoms with Crippen molar-refractivity contribution in [1.29, 1.82) is 0 Å². The van der Waals surface area contributed by atoms with Crippen LogP contribution in [0.15, 0.2) is 18.2 Å². The minimum Gasteiger partial charge on any atom is -0.480 e. The lowest BCUT2D eigenvalue weighted by Gasteiger charge is -2.40. The monoisotopic (exact) mass is 285 g/mol. The van der Waals surface area contributed by atoms with Crippen molar-refractivity contribution in [3.8, 4) is 0 Å². The standard InChI is InChI=1S/C14H17F2NO3/c1-14(13(18)19,17-4-6-20-7-5-17)9-10-2-3-11(15)12(16)8-10/h2-3,8H,4-7,9H2,1H3,(H,18,19). The SMILES string of the molecule is CC(Cc1ccc(F)c(F)c1)(C(=O)O)N1CCOCC1. The second-order valence-electron chi connectivity index (χ2n) is 5.10. The van der Waals surface area contributed by atoms with Crippen LogP contribution in [0.1, 0.15) is 12.5 Å². The fourth-order valence-electron chi connectivity index (χ4n) is 2.43. The molecule has 2 rings (SSSR count). The Bertz CT molecular complexity index is 503. The summed E-state index contributed by atoms with van der Waals surface area (Å²) in [4.78, 5) is 13.4. The van der Waals surface area contributed by atoms with Crippen LogP contribution in [0.3, 0.4) is 0 Å². The third kappa shape index (κ3) is 2.96. The van der Waals surface area contributed by atoms with E-state index in [1.165, 1.54) is 6.07 Å². The molecule has 1 fully saturated rings. The molecule has 20 heavy (non-hydrogen) atoms. The van der Waals surface area contributed by atoms with Gasteiger partial charge in [0.1, 0.15) is 5.54 Å². The van der Waals surface area contributed by atoms with Crippen LogP contribution < -0.4 is 0 Å². The van der Waals surface area contributed by atoms with Gasteiger partial charge in [0, 0.05) is 19.5 Å². The Morgan fingerprint density at radius 3 is 2.55 bits per heavy atom. The lowest BCUT2D eigenvalue weighted by atomic mass is 9.90. The van der Waals surface area contributed by atoms with Gasteiger partial charge in [0.05, 0.1) is 13.2 Å². The van der Waals surface area contributed by atoms with E-state index in [4.69, 9.17) is 4.74 Å². The molecule has 0 amide bonds. The van der Waals surface area contributed by atoms with E-state index in [-0.39, 0.29) is 6.42 Å². The van der Waals surface area contributed by atoms with Crippen LogP contribution in [0.5, 0.6) is 0 Å². The minimum atomic E-state index is -1.16. The molecule has 1 unspecified atom stereocenters. The number of benzene rings is 1. The Balaban J connectivity index is 2.23. The second-order valence-corrected chi connectivity index (χ2v) is 5.10. The van der Waals surface area contributed by atoms with E-state index in [1.54, 1.807) is 11.8 Å². The Morgan fingerprint density at radius 1 is 1.35 bits per heavy atom. The van der Waals surface area contributed by atoms with Crippen molar-refractivity contribution in [2.24, 2.45) is 0 Å². The molecule has 6 heteroatoms. The number of hydrogen-bond donors (Lipinski definition) is 1. The topological polar surface area (TPSA) is 49.8 Å². The van der Waals surface area contributed by atoms with Gasteiger partial charge in [-0.3, -0.25) is 9.69 Å². The van der Waals surface area contributed by atoms with Crippen molar-refractivity contribution in [2.45, 2.75) is 18.9 Å². The Hall–Kier alpha value is -1.53. The third-order valence-corrected chi connectivity index (χ3v) is 3.70. The normalized spacial score (nSPS) is 19.6. The van der Waals surface area contributed by atoms with Crippen molar-refractivity contribution in [3.63, 3.8) is 0 Å². The lowest BCUT2D eigenvalue weighted by molar-refractivity contribution is -0.153. The summed E-state index contributed by atoms with van der Waals surface area (Å²) in [6, 6.07) is 3.49. The number of hydrogen-bond acceptors (Lipinski definition) is 3. The Kier molecular flexibility index (Phi) is 4.35. The molecule has 1 heterocycles. The largest absolute Gasteiger partial charge is 0.480 e. The molecule has 1 aromatic rings. The highest BCUT2D eigenvalue weighted by Crippen LogP contribution is 2.23. The van der Waals surface area contributed by atoms with Crippen molar-refractivity contribution >= 4 is 5.97 Å². The average Bonchev–Trinajstić information content (AvgIpc) is 2.43. The summed E-state index contributed by atoms with van der Waals surface area (Å²) < 4.78 is 31.4. The molecule has 0 bridgehead atoms. The number of carboxylic acids is 1. The van der Waals surface area contributed by atoms with Gasteiger partial charge in [0.2, 0.25) is 0 Å². The second kappa shape index (κ2) is 5.85. The molecule has 0 spiro atoms. The first-order valence-electron chi connectivity index (χ1n) is 6.43. The number of nitrogens with zero attached hydrogens (tertiary/aromatic N) is 1. The minimum absolute atomic E-state index is 0.111. The van der Waals surface area contributed by atoms with E-state index in [2.05, 4.69) is 0 Å². The number of halogens is 2. The average molecular weight is 285 g/mol. The van der Waals surface area contributed by atoms with E-state index in [9.17, 15) is 18.7 Å². The summed E-state index contributed by atoms with van der Waals surface area (Å²) >= 11 is 0. The van der Waals surface area contributed by atoms with Gasteiger partial charge < -0.3 is 9.84 Å².